The summed E-state index contributed by atoms with van der Waals surface area (Å²) >= 11 is 0. The number of hydrogen-bond acceptors (Lipinski definition) is 2. The van der Waals surface area contributed by atoms with E-state index in [1.54, 1.807) is 0 Å². The lowest BCUT2D eigenvalue weighted by Crippen LogP contribution is -2.29. The Kier molecular flexibility index (Phi) is 7.18. The van der Waals surface area contributed by atoms with Gasteiger partial charge in [0.05, 0.1) is 0 Å². The van der Waals surface area contributed by atoms with Crippen molar-refractivity contribution in [2.24, 2.45) is 28.3 Å². The Labute approximate surface area is 138 Å². The Morgan fingerprint density at radius 3 is 2.32 bits per heavy atom. The van der Waals surface area contributed by atoms with Crippen molar-refractivity contribution in [1.29, 1.82) is 0 Å². The standard InChI is InChI=1S/C16H24N4O.ClH/c1-11-2-8-14(9-3-11)20-15(21)13-6-4-12(5-7-13)10-19-16(17)18;/h2-3,8-9,12-13H,4-7,10H2,1H3,(H,20,21)(H4,17,18,19);1H. The van der Waals surface area contributed by atoms with Crippen LogP contribution in [0.5, 0.6) is 0 Å². The van der Waals surface area contributed by atoms with Crippen LogP contribution >= 0.6 is 12.4 Å². The molecule has 0 radical (unpaired) electrons. The molecule has 1 aromatic rings. The van der Waals surface area contributed by atoms with Gasteiger partial charge in [0.2, 0.25) is 5.91 Å². The third kappa shape index (κ3) is 5.56. The Morgan fingerprint density at radius 1 is 1.18 bits per heavy atom. The van der Waals surface area contributed by atoms with E-state index in [2.05, 4.69) is 10.3 Å². The first-order valence-corrected chi connectivity index (χ1v) is 7.47. The van der Waals surface area contributed by atoms with Crippen LogP contribution < -0.4 is 16.8 Å². The highest BCUT2D eigenvalue weighted by Gasteiger charge is 2.26. The van der Waals surface area contributed by atoms with E-state index in [9.17, 15) is 4.79 Å². The summed E-state index contributed by atoms with van der Waals surface area (Å²) in [5, 5.41) is 3.00. The van der Waals surface area contributed by atoms with Crippen LogP contribution in [0.1, 0.15) is 31.2 Å². The Hall–Kier alpha value is -1.75. The molecule has 1 amide bonds. The van der Waals surface area contributed by atoms with Crippen LogP contribution in [0, 0.1) is 18.8 Å². The number of nitrogens with two attached hydrogens (primary N) is 2. The quantitative estimate of drug-likeness (QED) is 0.586. The minimum atomic E-state index is 0. The number of guanidine groups is 1. The second kappa shape index (κ2) is 8.63. The van der Waals surface area contributed by atoms with Gasteiger partial charge in [0.15, 0.2) is 5.96 Å². The summed E-state index contributed by atoms with van der Waals surface area (Å²) in [6.07, 6.45) is 3.82. The van der Waals surface area contributed by atoms with E-state index in [1.165, 1.54) is 5.56 Å². The average Bonchev–Trinajstić information content (AvgIpc) is 2.48. The average molecular weight is 325 g/mol. The fourth-order valence-corrected chi connectivity index (χ4v) is 2.72. The fourth-order valence-electron chi connectivity index (χ4n) is 2.72. The van der Waals surface area contributed by atoms with Crippen molar-refractivity contribution in [3.8, 4) is 0 Å². The van der Waals surface area contributed by atoms with Crippen LogP contribution in [0.4, 0.5) is 5.69 Å². The van der Waals surface area contributed by atoms with E-state index < -0.39 is 0 Å². The first-order valence-electron chi connectivity index (χ1n) is 7.47. The van der Waals surface area contributed by atoms with Gasteiger partial charge >= 0.3 is 0 Å². The van der Waals surface area contributed by atoms with Crippen LogP contribution in [0.15, 0.2) is 29.3 Å². The molecule has 0 aliphatic heterocycles. The van der Waals surface area contributed by atoms with Gasteiger partial charge in [-0.2, -0.15) is 0 Å². The van der Waals surface area contributed by atoms with Gasteiger partial charge in [-0.15, -0.1) is 12.4 Å². The lowest BCUT2D eigenvalue weighted by Gasteiger charge is -2.26. The van der Waals surface area contributed by atoms with Gasteiger partial charge in [0.1, 0.15) is 0 Å². The monoisotopic (exact) mass is 324 g/mol. The van der Waals surface area contributed by atoms with E-state index in [0.29, 0.717) is 12.5 Å². The predicted octanol–water partition coefficient (Wildman–Crippen LogP) is 2.44. The second-order valence-electron chi connectivity index (χ2n) is 5.84. The minimum absolute atomic E-state index is 0. The van der Waals surface area contributed by atoms with Crippen molar-refractivity contribution in [2.75, 3.05) is 11.9 Å². The van der Waals surface area contributed by atoms with Gasteiger partial charge in [-0.3, -0.25) is 9.79 Å². The number of nitrogens with zero attached hydrogens (tertiary/aromatic N) is 1. The molecule has 0 spiro atoms. The summed E-state index contributed by atoms with van der Waals surface area (Å²) in [5.41, 5.74) is 12.7. The first-order chi connectivity index (χ1) is 10.0. The number of anilines is 1. The molecule has 0 unspecified atom stereocenters. The number of benzene rings is 1. The number of hydrogen-bond donors (Lipinski definition) is 3. The third-order valence-electron chi connectivity index (χ3n) is 4.07. The van der Waals surface area contributed by atoms with Crippen molar-refractivity contribution in [3.05, 3.63) is 29.8 Å². The zero-order valence-corrected chi connectivity index (χ0v) is 13.7. The SMILES string of the molecule is Cc1ccc(NC(=O)C2CCC(CN=C(N)N)CC2)cc1.Cl. The number of aliphatic imine (C=N–C) groups is 1. The molecule has 6 heteroatoms. The first kappa shape index (κ1) is 18.3. The number of rotatable bonds is 4. The molecule has 22 heavy (non-hydrogen) atoms. The summed E-state index contributed by atoms with van der Waals surface area (Å²) in [6.45, 7) is 2.71. The van der Waals surface area contributed by atoms with E-state index in [1.807, 2.05) is 31.2 Å². The molecule has 1 aliphatic carbocycles. The molecular formula is C16H25ClN4O. The topological polar surface area (TPSA) is 93.5 Å². The third-order valence-corrected chi connectivity index (χ3v) is 4.07. The summed E-state index contributed by atoms with van der Waals surface area (Å²) in [4.78, 5) is 16.3. The molecule has 2 rings (SSSR count). The molecule has 0 heterocycles. The van der Waals surface area contributed by atoms with Gasteiger partial charge in [-0.1, -0.05) is 17.7 Å². The predicted molar refractivity (Wildman–Crippen MR) is 93.2 cm³/mol. The van der Waals surface area contributed by atoms with Crippen molar-refractivity contribution >= 4 is 30.0 Å². The largest absolute Gasteiger partial charge is 0.370 e. The zero-order valence-electron chi connectivity index (χ0n) is 12.9. The van der Waals surface area contributed by atoms with E-state index in [4.69, 9.17) is 11.5 Å². The minimum Gasteiger partial charge on any atom is -0.370 e. The van der Waals surface area contributed by atoms with Crippen molar-refractivity contribution in [1.82, 2.24) is 0 Å². The number of halogens is 1. The molecular weight excluding hydrogens is 300 g/mol. The van der Waals surface area contributed by atoms with Crippen molar-refractivity contribution in [3.63, 3.8) is 0 Å². The van der Waals surface area contributed by atoms with Gasteiger partial charge in [-0.05, 0) is 50.7 Å². The molecule has 1 saturated carbocycles. The zero-order chi connectivity index (χ0) is 15.2. The number of carbonyl (C=O) groups excluding carboxylic acids is 1. The van der Waals surface area contributed by atoms with Gasteiger partial charge in [0.25, 0.3) is 0 Å². The summed E-state index contributed by atoms with van der Waals surface area (Å²) in [6, 6.07) is 7.89. The number of carbonyl (C=O) groups is 1. The number of amides is 1. The van der Waals surface area contributed by atoms with E-state index in [-0.39, 0.29) is 30.2 Å². The van der Waals surface area contributed by atoms with Crippen molar-refractivity contribution < 1.29 is 4.79 Å². The Bertz CT molecular complexity index is 503. The van der Waals surface area contributed by atoms with Crippen LogP contribution in [0.25, 0.3) is 0 Å². The van der Waals surface area contributed by atoms with Gasteiger partial charge in [0, 0.05) is 18.2 Å². The maximum atomic E-state index is 12.2. The molecule has 1 aliphatic rings. The highest BCUT2D eigenvalue weighted by Crippen LogP contribution is 2.29. The number of aryl methyl sites for hydroxylation is 1. The van der Waals surface area contributed by atoms with Crippen molar-refractivity contribution in [2.45, 2.75) is 32.6 Å². The van der Waals surface area contributed by atoms with Gasteiger partial charge < -0.3 is 16.8 Å². The molecule has 0 bridgehead atoms. The molecule has 0 aromatic heterocycles. The Morgan fingerprint density at radius 2 is 1.77 bits per heavy atom. The van der Waals surface area contributed by atoms with Crippen LogP contribution in [0.3, 0.4) is 0 Å². The summed E-state index contributed by atoms with van der Waals surface area (Å²) in [7, 11) is 0. The molecule has 5 nitrogen and oxygen atoms in total. The maximum absolute atomic E-state index is 12.2. The lowest BCUT2D eigenvalue weighted by atomic mass is 9.81. The smallest absolute Gasteiger partial charge is 0.227 e. The van der Waals surface area contributed by atoms with Crippen LogP contribution in [0.2, 0.25) is 0 Å². The second-order valence-corrected chi connectivity index (χ2v) is 5.84. The molecule has 0 saturated heterocycles. The van der Waals surface area contributed by atoms with Crippen LogP contribution in [-0.4, -0.2) is 18.4 Å². The Balaban J connectivity index is 0.00000242. The number of nitrogens with one attached hydrogen (secondary N) is 1. The molecule has 0 atom stereocenters. The fraction of sp³-hybridized carbons (Fsp3) is 0.500. The molecule has 5 N–H and O–H groups in total. The van der Waals surface area contributed by atoms with E-state index >= 15 is 0 Å². The molecule has 1 aromatic carbocycles. The molecule has 1 fully saturated rings. The normalized spacial score (nSPS) is 20.6. The molecule has 122 valence electrons. The summed E-state index contributed by atoms with van der Waals surface area (Å²) < 4.78 is 0. The maximum Gasteiger partial charge on any atom is 0.227 e. The van der Waals surface area contributed by atoms with E-state index in [0.717, 1.165) is 31.4 Å². The highest BCUT2D eigenvalue weighted by molar-refractivity contribution is 5.92. The van der Waals surface area contributed by atoms with Crippen LogP contribution in [-0.2, 0) is 4.79 Å². The van der Waals surface area contributed by atoms with Gasteiger partial charge in [-0.25, -0.2) is 0 Å². The highest BCUT2D eigenvalue weighted by atomic mass is 35.5. The lowest BCUT2D eigenvalue weighted by molar-refractivity contribution is -0.121. The summed E-state index contributed by atoms with van der Waals surface area (Å²) in [5.74, 6) is 0.866.